The second-order valence-corrected chi connectivity index (χ2v) is 5.22. The zero-order valence-corrected chi connectivity index (χ0v) is 11.5. The molecule has 0 aromatic carbocycles. The molecule has 0 saturated heterocycles. The first-order valence-electron chi connectivity index (χ1n) is 6.81. The Bertz CT molecular complexity index is 307. The van der Waals surface area contributed by atoms with E-state index in [-0.39, 0.29) is 23.8 Å². The lowest BCUT2D eigenvalue weighted by Gasteiger charge is -2.33. The van der Waals surface area contributed by atoms with Crippen LogP contribution in [0.4, 0.5) is 0 Å². The van der Waals surface area contributed by atoms with Gasteiger partial charge in [0.15, 0.2) is 0 Å². The van der Waals surface area contributed by atoms with Gasteiger partial charge in [0, 0.05) is 12.6 Å². The molecule has 18 heavy (non-hydrogen) atoms. The Kier molecular flexibility index (Phi) is 5.59. The molecule has 1 fully saturated rings. The fraction of sp³-hybridized carbons (Fsp3) is 0.846. The van der Waals surface area contributed by atoms with Crippen molar-refractivity contribution in [2.75, 3.05) is 6.54 Å². The highest BCUT2D eigenvalue weighted by Crippen LogP contribution is 2.27. The molecular weight excluding hydrogens is 230 g/mol. The third-order valence-corrected chi connectivity index (χ3v) is 3.74. The van der Waals surface area contributed by atoms with E-state index in [4.69, 9.17) is 5.73 Å². The van der Waals surface area contributed by atoms with Crippen molar-refractivity contribution >= 4 is 11.8 Å². The monoisotopic (exact) mass is 255 g/mol. The summed E-state index contributed by atoms with van der Waals surface area (Å²) in [6, 6.07) is -0.595. The van der Waals surface area contributed by atoms with Crippen molar-refractivity contribution in [2.45, 2.75) is 52.1 Å². The Morgan fingerprint density at radius 2 is 2.06 bits per heavy atom. The van der Waals surface area contributed by atoms with Crippen molar-refractivity contribution < 1.29 is 9.59 Å². The SMILES string of the molecule is CCNC(=O)C(C)NC(=O)C1CCCC(C)C1N. The molecule has 4 N–H and O–H groups in total. The van der Waals surface area contributed by atoms with E-state index >= 15 is 0 Å². The average Bonchev–Trinajstić information content (AvgIpc) is 2.32. The average molecular weight is 255 g/mol. The lowest BCUT2D eigenvalue weighted by atomic mass is 9.78. The van der Waals surface area contributed by atoms with Crippen LogP contribution in [0.1, 0.15) is 40.0 Å². The van der Waals surface area contributed by atoms with Gasteiger partial charge in [-0.1, -0.05) is 13.3 Å². The van der Waals surface area contributed by atoms with Crippen molar-refractivity contribution in [3.8, 4) is 0 Å². The predicted molar refractivity (Wildman–Crippen MR) is 70.8 cm³/mol. The molecule has 4 unspecified atom stereocenters. The fourth-order valence-corrected chi connectivity index (χ4v) is 2.46. The molecule has 4 atom stereocenters. The zero-order valence-electron chi connectivity index (χ0n) is 11.5. The van der Waals surface area contributed by atoms with Crippen LogP contribution in [0.3, 0.4) is 0 Å². The van der Waals surface area contributed by atoms with Crippen LogP contribution in [0.2, 0.25) is 0 Å². The molecule has 5 nitrogen and oxygen atoms in total. The number of hydrogen-bond acceptors (Lipinski definition) is 3. The minimum absolute atomic E-state index is 0.0900. The number of carbonyl (C=O) groups is 2. The van der Waals surface area contributed by atoms with Crippen molar-refractivity contribution in [3.63, 3.8) is 0 Å². The van der Waals surface area contributed by atoms with Gasteiger partial charge in [-0.25, -0.2) is 0 Å². The van der Waals surface area contributed by atoms with Gasteiger partial charge >= 0.3 is 0 Å². The van der Waals surface area contributed by atoms with Crippen LogP contribution in [0.15, 0.2) is 0 Å². The summed E-state index contributed by atoms with van der Waals surface area (Å²) in [6.07, 6.45) is 2.93. The first-order chi connectivity index (χ1) is 8.47. The number of rotatable bonds is 4. The molecule has 0 aliphatic heterocycles. The summed E-state index contributed by atoms with van der Waals surface area (Å²) in [6.45, 7) is 6.20. The van der Waals surface area contributed by atoms with Gasteiger partial charge in [-0.15, -0.1) is 0 Å². The summed E-state index contributed by atoms with van der Waals surface area (Å²) in [7, 11) is 0. The topological polar surface area (TPSA) is 84.2 Å². The van der Waals surface area contributed by atoms with Crippen LogP contribution in [0.5, 0.6) is 0 Å². The maximum absolute atomic E-state index is 12.1. The number of nitrogens with one attached hydrogen (secondary N) is 2. The normalized spacial score (nSPS) is 29.4. The Labute approximate surface area is 109 Å². The number of hydrogen-bond donors (Lipinski definition) is 3. The highest BCUT2D eigenvalue weighted by Gasteiger charge is 2.33. The first kappa shape index (κ1) is 15.0. The Hall–Kier alpha value is -1.10. The molecule has 1 aliphatic rings. The van der Waals surface area contributed by atoms with Crippen LogP contribution >= 0.6 is 0 Å². The van der Waals surface area contributed by atoms with Gasteiger partial charge in [0.25, 0.3) is 0 Å². The van der Waals surface area contributed by atoms with Gasteiger partial charge in [0.05, 0.1) is 5.92 Å². The van der Waals surface area contributed by atoms with Gasteiger partial charge in [0.1, 0.15) is 6.04 Å². The summed E-state index contributed by atoms with van der Waals surface area (Å²) >= 11 is 0. The molecule has 1 rings (SSSR count). The van der Waals surface area contributed by atoms with Crippen molar-refractivity contribution in [1.29, 1.82) is 0 Å². The van der Waals surface area contributed by atoms with E-state index in [1.54, 1.807) is 6.92 Å². The highest BCUT2D eigenvalue weighted by molar-refractivity contribution is 5.88. The van der Waals surface area contributed by atoms with Crippen molar-refractivity contribution in [1.82, 2.24) is 10.6 Å². The summed E-state index contributed by atoms with van der Waals surface area (Å²) < 4.78 is 0. The Morgan fingerprint density at radius 3 is 2.67 bits per heavy atom. The van der Waals surface area contributed by atoms with Crippen molar-refractivity contribution in [2.24, 2.45) is 17.6 Å². The van der Waals surface area contributed by atoms with E-state index in [2.05, 4.69) is 17.6 Å². The smallest absolute Gasteiger partial charge is 0.242 e. The largest absolute Gasteiger partial charge is 0.355 e. The van der Waals surface area contributed by atoms with Crippen LogP contribution in [0, 0.1) is 11.8 Å². The molecular formula is C13H25N3O2. The van der Waals surface area contributed by atoms with E-state index in [0.717, 1.165) is 19.3 Å². The highest BCUT2D eigenvalue weighted by atomic mass is 16.2. The zero-order chi connectivity index (χ0) is 13.7. The van der Waals surface area contributed by atoms with Gasteiger partial charge in [0.2, 0.25) is 11.8 Å². The Morgan fingerprint density at radius 1 is 1.39 bits per heavy atom. The third kappa shape index (κ3) is 3.70. The number of likely N-dealkylation sites (N-methyl/N-ethyl adjacent to an activating group) is 1. The summed E-state index contributed by atoms with van der Waals surface area (Å²) in [4.78, 5) is 23.7. The number of nitrogens with two attached hydrogens (primary N) is 1. The number of amides is 2. The van der Waals surface area contributed by atoms with E-state index < -0.39 is 6.04 Å². The molecule has 0 bridgehead atoms. The molecule has 0 aromatic heterocycles. The van der Waals surface area contributed by atoms with Crippen LogP contribution in [0.25, 0.3) is 0 Å². The lowest BCUT2D eigenvalue weighted by Crippen LogP contribution is -2.52. The standard InChI is InChI=1S/C13H25N3O2/c1-4-15-12(17)9(3)16-13(18)10-7-5-6-8(2)11(10)14/h8-11H,4-7,14H2,1-3H3,(H,15,17)(H,16,18). The minimum Gasteiger partial charge on any atom is -0.355 e. The van der Waals surface area contributed by atoms with Gasteiger partial charge in [-0.2, -0.15) is 0 Å². The fourth-order valence-electron chi connectivity index (χ4n) is 2.46. The van der Waals surface area contributed by atoms with Crippen LogP contribution < -0.4 is 16.4 Å². The first-order valence-corrected chi connectivity index (χ1v) is 6.81. The van der Waals surface area contributed by atoms with E-state index in [0.29, 0.717) is 12.5 Å². The predicted octanol–water partition coefficient (Wildman–Crippen LogP) is 0.391. The molecule has 5 heteroatoms. The maximum Gasteiger partial charge on any atom is 0.242 e. The Balaban J connectivity index is 2.51. The van der Waals surface area contributed by atoms with E-state index in [1.807, 2.05) is 6.92 Å². The quantitative estimate of drug-likeness (QED) is 0.679. The second-order valence-electron chi connectivity index (χ2n) is 5.22. The van der Waals surface area contributed by atoms with E-state index in [9.17, 15) is 9.59 Å². The van der Waals surface area contributed by atoms with Gasteiger partial charge in [-0.05, 0) is 32.6 Å². The molecule has 104 valence electrons. The van der Waals surface area contributed by atoms with Gasteiger partial charge in [-0.3, -0.25) is 9.59 Å². The van der Waals surface area contributed by atoms with E-state index in [1.165, 1.54) is 0 Å². The lowest BCUT2D eigenvalue weighted by molar-refractivity contribution is -0.132. The van der Waals surface area contributed by atoms with Crippen LogP contribution in [-0.4, -0.2) is 30.4 Å². The molecule has 0 aromatic rings. The molecule has 1 aliphatic carbocycles. The summed E-state index contributed by atoms with van der Waals surface area (Å²) in [5, 5.41) is 5.44. The summed E-state index contributed by atoms with van der Waals surface area (Å²) in [5.41, 5.74) is 6.07. The molecule has 1 saturated carbocycles. The number of carbonyl (C=O) groups excluding carboxylic acids is 2. The van der Waals surface area contributed by atoms with Crippen molar-refractivity contribution in [3.05, 3.63) is 0 Å². The molecule has 0 heterocycles. The molecule has 0 radical (unpaired) electrons. The molecule has 0 spiro atoms. The third-order valence-electron chi connectivity index (χ3n) is 3.74. The maximum atomic E-state index is 12.1. The molecule has 2 amide bonds. The van der Waals surface area contributed by atoms with Gasteiger partial charge < -0.3 is 16.4 Å². The minimum atomic E-state index is -0.498. The summed E-state index contributed by atoms with van der Waals surface area (Å²) in [5.74, 6) is -0.0315. The second kappa shape index (κ2) is 6.73. The van der Waals surface area contributed by atoms with Crippen LogP contribution in [-0.2, 0) is 9.59 Å².